The van der Waals surface area contributed by atoms with E-state index in [9.17, 15) is 9.18 Å². The van der Waals surface area contributed by atoms with E-state index < -0.39 is 0 Å². The van der Waals surface area contributed by atoms with Gasteiger partial charge in [0.25, 0.3) is 0 Å². The second-order valence-corrected chi connectivity index (χ2v) is 13.3. The molecule has 5 nitrogen and oxygen atoms in total. The van der Waals surface area contributed by atoms with Crippen molar-refractivity contribution < 1.29 is 9.18 Å². The summed E-state index contributed by atoms with van der Waals surface area (Å²) in [4.78, 5) is 22.7. The molecule has 6 rings (SSSR count). The molecule has 2 bridgehead atoms. The number of aromatic nitrogens is 2. The first-order chi connectivity index (χ1) is 18.6. The van der Waals surface area contributed by atoms with Gasteiger partial charge in [-0.2, -0.15) is 0 Å². The molecule has 0 N–H and O–H groups in total. The first-order valence-electron chi connectivity index (χ1n) is 14.9. The number of rotatable bonds is 5. The summed E-state index contributed by atoms with van der Waals surface area (Å²) in [5, 5.41) is 0. The highest BCUT2D eigenvalue weighted by molar-refractivity contribution is 5.81. The molecule has 6 heteroatoms. The Labute approximate surface area is 232 Å². The van der Waals surface area contributed by atoms with Crippen molar-refractivity contribution in [2.24, 2.45) is 5.41 Å². The second-order valence-electron chi connectivity index (χ2n) is 13.3. The van der Waals surface area contributed by atoms with Crippen LogP contribution in [0.3, 0.4) is 0 Å². The molecule has 3 aromatic rings. The maximum atomic E-state index is 14.4. The number of hydrogen-bond acceptors (Lipinski definition) is 3. The van der Waals surface area contributed by atoms with Crippen LogP contribution in [0.25, 0.3) is 11.0 Å². The van der Waals surface area contributed by atoms with Crippen LogP contribution in [0.1, 0.15) is 83.1 Å². The van der Waals surface area contributed by atoms with E-state index in [1.54, 1.807) is 12.1 Å². The number of piperidine rings is 2. The fourth-order valence-electron chi connectivity index (χ4n) is 7.90. The van der Waals surface area contributed by atoms with Crippen LogP contribution in [-0.4, -0.2) is 57.0 Å². The number of carbonyl (C=O) groups is 1. The molecule has 4 heterocycles. The number of amides is 1. The molecule has 2 aromatic carbocycles. The maximum absolute atomic E-state index is 14.4. The zero-order valence-corrected chi connectivity index (χ0v) is 24.0. The SMILES string of the molecule is Cc1nc2ccccc2n1[C@H]1C[C@H]2CC[C@@H](C1)N2CCC1(c2cccc(F)c2)CCN(C(=O)C(C)(C)C)CC1. The van der Waals surface area contributed by atoms with Crippen molar-refractivity contribution in [3.63, 3.8) is 0 Å². The van der Waals surface area contributed by atoms with Gasteiger partial charge < -0.3 is 9.47 Å². The molecule has 3 fully saturated rings. The molecular formula is C33H43FN4O. The van der Waals surface area contributed by atoms with Crippen LogP contribution in [0, 0.1) is 18.2 Å². The van der Waals surface area contributed by atoms with E-state index in [-0.39, 0.29) is 22.6 Å². The van der Waals surface area contributed by atoms with Crippen LogP contribution in [-0.2, 0) is 10.2 Å². The van der Waals surface area contributed by atoms with Crippen LogP contribution in [0.2, 0.25) is 0 Å². The number of halogens is 1. The molecule has 0 aliphatic carbocycles. The van der Waals surface area contributed by atoms with Gasteiger partial charge in [0.1, 0.15) is 11.6 Å². The van der Waals surface area contributed by atoms with Gasteiger partial charge in [-0.3, -0.25) is 9.69 Å². The minimum atomic E-state index is -0.374. The summed E-state index contributed by atoms with van der Waals surface area (Å²) < 4.78 is 16.9. The highest BCUT2D eigenvalue weighted by Crippen LogP contribution is 2.45. The smallest absolute Gasteiger partial charge is 0.227 e. The van der Waals surface area contributed by atoms with E-state index in [1.165, 1.54) is 31.2 Å². The van der Waals surface area contributed by atoms with Crippen LogP contribution in [0.15, 0.2) is 48.5 Å². The Bertz CT molecular complexity index is 1340. The van der Waals surface area contributed by atoms with E-state index >= 15 is 0 Å². The average molecular weight is 531 g/mol. The van der Waals surface area contributed by atoms with Crippen LogP contribution in [0.5, 0.6) is 0 Å². The zero-order valence-electron chi connectivity index (χ0n) is 24.0. The Morgan fingerprint density at radius 1 is 1.00 bits per heavy atom. The maximum Gasteiger partial charge on any atom is 0.227 e. The highest BCUT2D eigenvalue weighted by Gasteiger charge is 2.44. The molecule has 3 saturated heterocycles. The van der Waals surface area contributed by atoms with E-state index in [1.807, 2.05) is 31.7 Å². The zero-order chi connectivity index (χ0) is 27.4. The second kappa shape index (κ2) is 10.0. The normalized spacial score (nSPS) is 25.4. The van der Waals surface area contributed by atoms with E-state index in [0.717, 1.165) is 55.8 Å². The van der Waals surface area contributed by atoms with Crippen molar-refractivity contribution in [1.29, 1.82) is 0 Å². The third kappa shape index (κ3) is 4.90. The minimum absolute atomic E-state index is 0.0931. The standard InChI is InChI=1S/C33H43FN4O/c1-23-35-29-10-5-6-11-30(29)38(23)28-21-26-12-13-27(22-28)37(26)19-16-33(24-8-7-9-25(34)20-24)14-17-36(18-15-33)31(39)32(2,3)4/h5-11,20,26-28H,12-19,21-22H2,1-4H3/t26-,27+,28+. The van der Waals surface area contributed by atoms with Crippen LogP contribution < -0.4 is 0 Å². The summed E-state index contributed by atoms with van der Waals surface area (Å²) in [5.41, 5.74) is 2.99. The van der Waals surface area contributed by atoms with Gasteiger partial charge in [-0.25, -0.2) is 9.37 Å². The van der Waals surface area contributed by atoms with Crippen molar-refractivity contribution in [2.45, 2.75) is 96.2 Å². The minimum Gasteiger partial charge on any atom is -0.342 e. The summed E-state index contributed by atoms with van der Waals surface area (Å²) in [6.45, 7) is 10.7. The first kappa shape index (κ1) is 26.5. The van der Waals surface area contributed by atoms with E-state index in [2.05, 4.69) is 46.7 Å². The number of benzene rings is 2. The Kier molecular flexibility index (Phi) is 6.81. The molecule has 3 atom stereocenters. The molecule has 39 heavy (non-hydrogen) atoms. The number of fused-ring (bicyclic) bond motifs is 3. The van der Waals surface area contributed by atoms with Gasteiger partial charge in [-0.1, -0.05) is 45.0 Å². The Hall–Kier alpha value is -2.73. The largest absolute Gasteiger partial charge is 0.342 e. The summed E-state index contributed by atoms with van der Waals surface area (Å²) in [5.74, 6) is 1.18. The molecule has 3 aliphatic heterocycles. The van der Waals surface area contributed by atoms with Crippen molar-refractivity contribution in [3.8, 4) is 0 Å². The fourth-order valence-corrected chi connectivity index (χ4v) is 7.90. The summed E-state index contributed by atoms with van der Waals surface area (Å²) in [6, 6.07) is 17.4. The Morgan fingerprint density at radius 3 is 2.36 bits per heavy atom. The molecule has 0 saturated carbocycles. The number of likely N-dealkylation sites (tertiary alicyclic amines) is 1. The summed E-state index contributed by atoms with van der Waals surface area (Å²) >= 11 is 0. The van der Waals surface area contributed by atoms with Gasteiger partial charge in [0.15, 0.2) is 0 Å². The number of hydrogen-bond donors (Lipinski definition) is 0. The number of para-hydroxylation sites is 2. The number of nitrogens with zero attached hydrogens (tertiary/aromatic N) is 4. The molecule has 0 unspecified atom stereocenters. The van der Waals surface area contributed by atoms with Gasteiger partial charge in [-0.15, -0.1) is 0 Å². The summed E-state index contributed by atoms with van der Waals surface area (Å²) in [7, 11) is 0. The molecule has 208 valence electrons. The third-order valence-electron chi connectivity index (χ3n) is 9.93. The molecule has 0 spiro atoms. The van der Waals surface area contributed by atoms with Gasteiger partial charge in [0.2, 0.25) is 5.91 Å². The first-order valence-corrected chi connectivity index (χ1v) is 14.9. The number of aryl methyl sites for hydroxylation is 1. The van der Waals surface area contributed by atoms with Crippen LogP contribution in [0.4, 0.5) is 4.39 Å². The van der Waals surface area contributed by atoms with Gasteiger partial charge in [0, 0.05) is 36.6 Å². The van der Waals surface area contributed by atoms with Crippen molar-refractivity contribution in [2.75, 3.05) is 19.6 Å². The molecular weight excluding hydrogens is 487 g/mol. The van der Waals surface area contributed by atoms with Gasteiger partial charge in [-0.05, 0) is 93.7 Å². The lowest BCUT2D eigenvalue weighted by atomic mass is 9.70. The lowest BCUT2D eigenvalue weighted by Crippen LogP contribution is -2.50. The van der Waals surface area contributed by atoms with Crippen LogP contribution >= 0.6 is 0 Å². The number of imidazole rings is 1. The summed E-state index contributed by atoms with van der Waals surface area (Å²) in [6.07, 6.45) is 7.64. The Morgan fingerprint density at radius 2 is 1.69 bits per heavy atom. The van der Waals surface area contributed by atoms with Gasteiger partial charge >= 0.3 is 0 Å². The molecule has 3 aliphatic rings. The molecule has 0 radical (unpaired) electrons. The fraction of sp³-hybridized carbons (Fsp3) is 0.576. The van der Waals surface area contributed by atoms with Crippen molar-refractivity contribution >= 4 is 16.9 Å². The lowest BCUT2D eigenvalue weighted by Gasteiger charge is -2.46. The third-order valence-corrected chi connectivity index (χ3v) is 9.93. The Balaban J connectivity index is 1.19. The predicted octanol–water partition coefficient (Wildman–Crippen LogP) is 6.65. The average Bonchev–Trinajstić information content (AvgIpc) is 3.37. The van der Waals surface area contributed by atoms with Crippen molar-refractivity contribution in [1.82, 2.24) is 19.4 Å². The molecule has 1 aromatic heterocycles. The molecule has 1 amide bonds. The predicted molar refractivity (Wildman–Crippen MR) is 154 cm³/mol. The highest BCUT2D eigenvalue weighted by atomic mass is 19.1. The van der Waals surface area contributed by atoms with E-state index in [4.69, 9.17) is 4.98 Å². The quantitative estimate of drug-likeness (QED) is 0.371. The lowest BCUT2D eigenvalue weighted by molar-refractivity contribution is -0.141. The number of carbonyl (C=O) groups excluding carboxylic acids is 1. The van der Waals surface area contributed by atoms with Crippen molar-refractivity contribution in [3.05, 3.63) is 65.7 Å². The van der Waals surface area contributed by atoms with E-state index in [0.29, 0.717) is 18.1 Å². The van der Waals surface area contributed by atoms with Gasteiger partial charge in [0.05, 0.1) is 11.0 Å². The topological polar surface area (TPSA) is 41.4 Å². The monoisotopic (exact) mass is 530 g/mol.